The van der Waals surface area contributed by atoms with Gasteiger partial charge in [-0.2, -0.15) is 0 Å². The van der Waals surface area contributed by atoms with Crippen LogP contribution in [0.15, 0.2) is 0 Å². The molecule has 0 rings (SSSR count). The van der Waals surface area contributed by atoms with Gasteiger partial charge in [-0.05, 0) is 40.3 Å². The predicted molar refractivity (Wildman–Crippen MR) is 63.7 cm³/mol. The third-order valence-electron chi connectivity index (χ3n) is 2.51. The van der Waals surface area contributed by atoms with E-state index in [9.17, 15) is 4.79 Å². The van der Waals surface area contributed by atoms with E-state index in [1.807, 2.05) is 0 Å². The van der Waals surface area contributed by atoms with E-state index in [1.54, 1.807) is 0 Å². The Labute approximate surface area is 93.2 Å². The number of rotatable bonds is 8. The molecular weight excluding hydrogens is 190 g/mol. The molecule has 0 saturated carbocycles. The molecular formula is C11H25N3O. The average molecular weight is 215 g/mol. The maximum atomic E-state index is 11.0. The number of amides is 1. The highest BCUT2D eigenvalue weighted by Crippen LogP contribution is 1.97. The van der Waals surface area contributed by atoms with E-state index >= 15 is 0 Å². The lowest BCUT2D eigenvalue weighted by atomic mass is 10.2. The van der Waals surface area contributed by atoms with Crippen LogP contribution in [0, 0.1) is 0 Å². The highest BCUT2D eigenvalue weighted by atomic mass is 16.1. The van der Waals surface area contributed by atoms with Gasteiger partial charge in [0, 0.05) is 25.6 Å². The Kier molecular flexibility index (Phi) is 8.33. The van der Waals surface area contributed by atoms with Crippen LogP contribution in [0.4, 0.5) is 0 Å². The smallest absolute Gasteiger partial charge is 0.221 e. The second kappa shape index (κ2) is 8.68. The lowest BCUT2D eigenvalue weighted by Gasteiger charge is -2.20. The molecule has 0 aliphatic carbocycles. The van der Waals surface area contributed by atoms with Crippen LogP contribution in [-0.2, 0) is 4.79 Å². The fraction of sp³-hybridized carbons (Fsp3) is 0.909. The van der Waals surface area contributed by atoms with Crippen LogP contribution in [-0.4, -0.2) is 43.5 Å². The first-order chi connectivity index (χ1) is 7.07. The second-order valence-corrected chi connectivity index (χ2v) is 4.17. The van der Waals surface area contributed by atoms with Crippen molar-refractivity contribution in [1.82, 2.24) is 10.2 Å². The summed E-state index contributed by atoms with van der Waals surface area (Å²) in [5.41, 5.74) is 5.27. The van der Waals surface area contributed by atoms with Gasteiger partial charge in [-0.15, -0.1) is 0 Å². The Balaban J connectivity index is 3.28. The van der Waals surface area contributed by atoms with Crippen LogP contribution < -0.4 is 11.1 Å². The number of nitrogens with two attached hydrogens (primary N) is 1. The van der Waals surface area contributed by atoms with Gasteiger partial charge in [-0.1, -0.05) is 0 Å². The van der Waals surface area contributed by atoms with E-state index in [0.717, 1.165) is 25.9 Å². The zero-order valence-electron chi connectivity index (χ0n) is 10.3. The monoisotopic (exact) mass is 215 g/mol. The predicted octanol–water partition coefficient (Wildman–Crippen LogP) is 0.572. The van der Waals surface area contributed by atoms with Crippen LogP contribution in [0.1, 0.15) is 33.1 Å². The van der Waals surface area contributed by atoms with Gasteiger partial charge in [0.05, 0.1) is 0 Å². The molecule has 0 atom stereocenters. The Bertz CT molecular complexity index is 171. The molecule has 0 heterocycles. The van der Waals surface area contributed by atoms with Crippen LogP contribution in [0.25, 0.3) is 0 Å². The Morgan fingerprint density at radius 3 is 2.60 bits per heavy atom. The molecule has 0 aromatic heterocycles. The minimum Gasteiger partial charge on any atom is -0.356 e. The molecule has 1 amide bonds. The molecule has 0 aliphatic heterocycles. The van der Waals surface area contributed by atoms with Crippen molar-refractivity contribution in [2.45, 2.75) is 39.2 Å². The van der Waals surface area contributed by atoms with Gasteiger partial charge in [0.2, 0.25) is 5.91 Å². The zero-order chi connectivity index (χ0) is 11.7. The molecule has 90 valence electrons. The van der Waals surface area contributed by atoms with Crippen molar-refractivity contribution < 1.29 is 4.79 Å². The first kappa shape index (κ1) is 14.4. The topological polar surface area (TPSA) is 58.4 Å². The minimum absolute atomic E-state index is 0.0646. The largest absolute Gasteiger partial charge is 0.356 e. The minimum atomic E-state index is 0.0646. The van der Waals surface area contributed by atoms with Gasteiger partial charge in [-0.3, -0.25) is 4.79 Å². The van der Waals surface area contributed by atoms with E-state index in [4.69, 9.17) is 5.73 Å². The number of hydrogen-bond donors (Lipinski definition) is 2. The van der Waals surface area contributed by atoms with Crippen molar-refractivity contribution in [3.63, 3.8) is 0 Å². The summed E-state index contributed by atoms with van der Waals surface area (Å²) >= 11 is 0. The number of nitrogens with one attached hydrogen (secondary N) is 1. The van der Waals surface area contributed by atoms with Crippen molar-refractivity contribution in [3.05, 3.63) is 0 Å². The third kappa shape index (κ3) is 8.39. The quantitative estimate of drug-likeness (QED) is 0.582. The van der Waals surface area contributed by atoms with Crippen molar-refractivity contribution in [2.75, 3.05) is 26.7 Å². The second-order valence-electron chi connectivity index (χ2n) is 4.17. The Hall–Kier alpha value is -0.610. The summed E-state index contributed by atoms with van der Waals surface area (Å²) < 4.78 is 0. The van der Waals surface area contributed by atoms with E-state index in [2.05, 4.69) is 31.1 Å². The number of unbranched alkanes of at least 4 members (excludes halogenated alkanes) is 1. The fourth-order valence-electron chi connectivity index (χ4n) is 1.19. The zero-order valence-corrected chi connectivity index (χ0v) is 10.3. The Morgan fingerprint density at radius 2 is 2.07 bits per heavy atom. The molecule has 0 bridgehead atoms. The van der Waals surface area contributed by atoms with Crippen LogP contribution in [0.2, 0.25) is 0 Å². The van der Waals surface area contributed by atoms with Crippen molar-refractivity contribution >= 4 is 5.91 Å². The van der Waals surface area contributed by atoms with Gasteiger partial charge in [0.1, 0.15) is 0 Å². The maximum Gasteiger partial charge on any atom is 0.221 e. The van der Waals surface area contributed by atoms with Gasteiger partial charge in [0.25, 0.3) is 0 Å². The summed E-state index contributed by atoms with van der Waals surface area (Å²) in [5.74, 6) is 0.0646. The van der Waals surface area contributed by atoms with Gasteiger partial charge >= 0.3 is 0 Å². The van der Waals surface area contributed by atoms with Crippen molar-refractivity contribution in [1.29, 1.82) is 0 Å². The molecule has 4 nitrogen and oxygen atoms in total. The summed E-state index contributed by atoms with van der Waals surface area (Å²) in [7, 11) is 2.12. The van der Waals surface area contributed by atoms with Crippen LogP contribution in [0.5, 0.6) is 0 Å². The molecule has 0 fully saturated rings. The fourth-order valence-corrected chi connectivity index (χ4v) is 1.19. The van der Waals surface area contributed by atoms with E-state index < -0.39 is 0 Å². The summed E-state index contributed by atoms with van der Waals surface area (Å²) in [4.78, 5) is 13.4. The molecule has 0 radical (unpaired) electrons. The Morgan fingerprint density at radius 1 is 1.40 bits per heavy atom. The standard InChI is InChI=1S/C11H25N3O/c1-10(2)14(3)9-5-4-8-13-11(15)6-7-12/h10H,4-9,12H2,1-3H3,(H,13,15). The maximum absolute atomic E-state index is 11.0. The summed E-state index contributed by atoms with van der Waals surface area (Å²) in [5, 5.41) is 2.85. The molecule has 0 unspecified atom stereocenters. The van der Waals surface area contributed by atoms with Crippen molar-refractivity contribution in [2.24, 2.45) is 5.73 Å². The first-order valence-electron chi connectivity index (χ1n) is 5.75. The summed E-state index contributed by atoms with van der Waals surface area (Å²) in [6.45, 7) is 6.66. The number of hydrogen-bond acceptors (Lipinski definition) is 3. The van der Waals surface area contributed by atoms with Gasteiger partial charge in [0.15, 0.2) is 0 Å². The van der Waals surface area contributed by atoms with E-state index in [-0.39, 0.29) is 5.91 Å². The molecule has 0 spiro atoms. The normalized spacial score (nSPS) is 11.1. The van der Waals surface area contributed by atoms with E-state index in [1.165, 1.54) is 0 Å². The number of carbonyl (C=O) groups is 1. The van der Waals surface area contributed by atoms with Crippen LogP contribution in [0.3, 0.4) is 0 Å². The number of nitrogens with zero attached hydrogens (tertiary/aromatic N) is 1. The third-order valence-corrected chi connectivity index (χ3v) is 2.51. The summed E-state index contributed by atoms with van der Waals surface area (Å²) in [6, 6.07) is 0.594. The molecule has 15 heavy (non-hydrogen) atoms. The average Bonchev–Trinajstić information content (AvgIpc) is 2.17. The lowest BCUT2D eigenvalue weighted by Crippen LogP contribution is -2.29. The molecule has 0 aromatic carbocycles. The molecule has 0 saturated heterocycles. The molecule has 3 N–H and O–H groups in total. The highest BCUT2D eigenvalue weighted by Gasteiger charge is 2.02. The van der Waals surface area contributed by atoms with Crippen molar-refractivity contribution in [3.8, 4) is 0 Å². The lowest BCUT2D eigenvalue weighted by molar-refractivity contribution is -0.120. The molecule has 0 aliphatic rings. The molecule has 0 aromatic rings. The van der Waals surface area contributed by atoms with E-state index in [0.29, 0.717) is 19.0 Å². The van der Waals surface area contributed by atoms with Gasteiger partial charge < -0.3 is 16.0 Å². The van der Waals surface area contributed by atoms with Gasteiger partial charge in [-0.25, -0.2) is 0 Å². The SMILES string of the molecule is CC(C)N(C)CCCCNC(=O)CCN. The summed E-state index contributed by atoms with van der Waals surface area (Å²) in [6.07, 6.45) is 2.59. The number of carbonyl (C=O) groups excluding carboxylic acids is 1. The molecule has 4 heteroatoms. The highest BCUT2D eigenvalue weighted by molar-refractivity contribution is 5.75. The van der Waals surface area contributed by atoms with Crippen LogP contribution >= 0.6 is 0 Å². The first-order valence-corrected chi connectivity index (χ1v) is 5.75.